The summed E-state index contributed by atoms with van der Waals surface area (Å²) in [6.45, 7) is 0. The Bertz CT molecular complexity index is 873. The van der Waals surface area contributed by atoms with Gasteiger partial charge in [0, 0.05) is 20.3 Å². The Morgan fingerprint density at radius 2 is 2.00 bits per heavy atom. The van der Waals surface area contributed by atoms with E-state index in [1.807, 2.05) is 42.5 Å². The number of rotatable bonds is 2. The number of nitrogens with zero attached hydrogens (tertiary/aromatic N) is 1. The van der Waals surface area contributed by atoms with Crippen molar-refractivity contribution < 1.29 is 9.59 Å². The minimum Gasteiger partial charge on any atom is -0.322 e. The van der Waals surface area contributed by atoms with E-state index in [2.05, 4.69) is 37.2 Å². The number of benzene rings is 2. The van der Waals surface area contributed by atoms with E-state index in [1.54, 1.807) is 4.90 Å². The van der Waals surface area contributed by atoms with Crippen LogP contribution < -0.4 is 10.2 Å². The zero-order chi connectivity index (χ0) is 16.9. The average Bonchev–Trinajstić information content (AvgIpc) is 3.06. The second kappa shape index (κ2) is 5.89. The van der Waals surface area contributed by atoms with Crippen LogP contribution in [0.4, 0.5) is 11.4 Å². The highest BCUT2D eigenvalue weighted by Gasteiger charge is 2.57. The van der Waals surface area contributed by atoms with E-state index in [4.69, 9.17) is 0 Å². The number of fused-ring (bicyclic) bond motifs is 3. The van der Waals surface area contributed by atoms with Crippen LogP contribution in [0.15, 0.2) is 56.3 Å². The molecule has 1 saturated heterocycles. The van der Waals surface area contributed by atoms with E-state index in [0.717, 1.165) is 19.5 Å². The monoisotopic (exact) mass is 466 g/mol. The molecule has 2 aromatic carbocycles. The van der Waals surface area contributed by atoms with Gasteiger partial charge in [-0.1, -0.05) is 39.8 Å². The second-order valence-corrected chi connectivity index (χ2v) is 8.75. The van der Waals surface area contributed by atoms with Crippen LogP contribution >= 0.6 is 43.6 Å². The van der Waals surface area contributed by atoms with Crippen LogP contribution in [0.3, 0.4) is 0 Å². The molecular weight excluding hydrogens is 456 g/mol. The molecule has 24 heavy (non-hydrogen) atoms. The Balaban J connectivity index is 1.70. The molecule has 4 nitrogen and oxygen atoms in total. The smallest absolute Gasteiger partial charge is 0.261 e. The molecule has 2 aliphatic heterocycles. The SMILES string of the molecule is O=C1CCC2(C(=O)Nc3ccc(Br)cc3Br)Sc3ccccc3N12. The first-order valence-electron chi connectivity index (χ1n) is 7.39. The van der Waals surface area contributed by atoms with Gasteiger partial charge >= 0.3 is 0 Å². The lowest BCUT2D eigenvalue weighted by molar-refractivity contribution is -0.121. The van der Waals surface area contributed by atoms with Gasteiger partial charge in [0.15, 0.2) is 4.87 Å². The van der Waals surface area contributed by atoms with Crippen molar-refractivity contribution in [1.82, 2.24) is 0 Å². The summed E-state index contributed by atoms with van der Waals surface area (Å²) in [5.74, 6) is -0.171. The van der Waals surface area contributed by atoms with Gasteiger partial charge in [-0.15, -0.1) is 0 Å². The van der Waals surface area contributed by atoms with E-state index in [-0.39, 0.29) is 11.8 Å². The third kappa shape index (κ3) is 2.41. The summed E-state index contributed by atoms with van der Waals surface area (Å²) in [6, 6.07) is 13.2. The van der Waals surface area contributed by atoms with Gasteiger partial charge in [0.2, 0.25) is 5.91 Å². The predicted octanol–water partition coefficient (Wildman–Crippen LogP) is 4.78. The Morgan fingerprint density at radius 1 is 1.21 bits per heavy atom. The highest BCUT2D eigenvalue weighted by atomic mass is 79.9. The van der Waals surface area contributed by atoms with Gasteiger partial charge in [-0.2, -0.15) is 0 Å². The number of hydrogen-bond acceptors (Lipinski definition) is 3. The maximum atomic E-state index is 13.1. The van der Waals surface area contributed by atoms with Crippen LogP contribution in [0.2, 0.25) is 0 Å². The van der Waals surface area contributed by atoms with E-state index >= 15 is 0 Å². The predicted molar refractivity (Wildman–Crippen MR) is 102 cm³/mol. The molecule has 0 aliphatic carbocycles. The van der Waals surface area contributed by atoms with Crippen LogP contribution in [0.25, 0.3) is 0 Å². The molecule has 0 saturated carbocycles. The topological polar surface area (TPSA) is 49.4 Å². The van der Waals surface area contributed by atoms with Gasteiger partial charge < -0.3 is 5.32 Å². The van der Waals surface area contributed by atoms with Crippen LogP contribution in [-0.4, -0.2) is 16.7 Å². The van der Waals surface area contributed by atoms with Gasteiger partial charge in [0.25, 0.3) is 5.91 Å². The molecule has 122 valence electrons. The first kappa shape index (κ1) is 16.2. The largest absolute Gasteiger partial charge is 0.322 e. The standard InChI is InChI=1S/C17H12Br2N2O2S/c18-10-5-6-12(11(19)9-10)20-16(23)17-8-7-15(22)21(17)13-3-1-2-4-14(13)24-17/h1-6,9H,7-8H2,(H,20,23). The van der Waals surface area contributed by atoms with Gasteiger partial charge in [-0.3, -0.25) is 14.5 Å². The van der Waals surface area contributed by atoms with Crippen molar-refractivity contribution in [3.05, 3.63) is 51.4 Å². The van der Waals surface area contributed by atoms with Crippen LogP contribution in [-0.2, 0) is 9.59 Å². The van der Waals surface area contributed by atoms with Gasteiger partial charge in [-0.25, -0.2) is 0 Å². The zero-order valence-electron chi connectivity index (χ0n) is 12.4. The molecule has 1 unspecified atom stereocenters. The maximum Gasteiger partial charge on any atom is 0.261 e. The summed E-state index contributed by atoms with van der Waals surface area (Å²) < 4.78 is 1.71. The number of amides is 2. The molecule has 4 rings (SSSR count). The maximum absolute atomic E-state index is 13.1. The van der Waals surface area contributed by atoms with Crippen molar-refractivity contribution in [2.75, 3.05) is 10.2 Å². The first-order valence-corrected chi connectivity index (χ1v) is 9.79. The quantitative estimate of drug-likeness (QED) is 0.691. The fourth-order valence-corrected chi connectivity index (χ4v) is 5.67. The Hall–Kier alpha value is -1.31. The fourth-order valence-electron chi connectivity index (χ4n) is 3.11. The van der Waals surface area contributed by atoms with Crippen molar-refractivity contribution in [2.24, 2.45) is 0 Å². The molecule has 2 heterocycles. The third-order valence-electron chi connectivity index (χ3n) is 4.21. The molecule has 0 bridgehead atoms. The summed E-state index contributed by atoms with van der Waals surface area (Å²) in [7, 11) is 0. The van der Waals surface area contributed by atoms with Crippen molar-refractivity contribution >= 4 is 66.8 Å². The molecule has 2 amide bonds. The van der Waals surface area contributed by atoms with Crippen LogP contribution in [0, 0.1) is 0 Å². The molecule has 1 N–H and O–H groups in total. The molecule has 0 aromatic heterocycles. The van der Waals surface area contributed by atoms with Crippen LogP contribution in [0.5, 0.6) is 0 Å². The lowest BCUT2D eigenvalue weighted by Gasteiger charge is -2.29. The summed E-state index contributed by atoms with van der Waals surface area (Å²) in [5.41, 5.74) is 1.52. The molecule has 2 aliphatic rings. The number of hydrogen-bond donors (Lipinski definition) is 1. The summed E-state index contributed by atoms with van der Waals surface area (Å²) in [6.07, 6.45) is 0.890. The molecule has 0 radical (unpaired) electrons. The minimum absolute atomic E-state index is 0.00234. The van der Waals surface area contributed by atoms with Crippen molar-refractivity contribution in [3.63, 3.8) is 0 Å². The number of carbonyl (C=O) groups is 2. The highest BCUT2D eigenvalue weighted by Crippen LogP contribution is 2.56. The van der Waals surface area contributed by atoms with E-state index in [9.17, 15) is 9.59 Å². The highest BCUT2D eigenvalue weighted by molar-refractivity contribution is 9.11. The Kier molecular flexibility index (Phi) is 3.97. The number of carbonyl (C=O) groups excluding carboxylic acids is 2. The normalized spacial score (nSPS) is 21.6. The molecule has 0 spiro atoms. The summed E-state index contributed by atoms with van der Waals surface area (Å²) >= 11 is 8.33. The Morgan fingerprint density at radius 3 is 2.79 bits per heavy atom. The third-order valence-corrected chi connectivity index (χ3v) is 6.83. The lowest BCUT2D eigenvalue weighted by atomic mass is 10.1. The summed E-state index contributed by atoms with van der Waals surface area (Å²) in [5, 5.41) is 2.98. The molecule has 1 atom stereocenters. The van der Waals surface area contributed by atoms with Crippen molar-refractivity contribution in [3.8, 4) is 0 Å². The summed E-state index contributed by atoms with van der Waals surface area (Å²) in [4.78, 5) is 27.3. The number of thioether (sulfide) groups is 1. The van der Waals surface area contributed by atoms with Crippen molar-refractivity contribution in [2.45, 2.75) is 22.6 Å². The van der Waals surface area contributed by atoms with Crippen LogP contribution in [0.1, 0.15) is 12.8 Å². The lowest BCUT2D eigenvalue weighted by Crippen LogP contribution is -2.49. The Labute approximate surface area is 160 Å². The van der Waals surface area contributed by atoms with Gasteiger partial charge in [-0.05, 0) is 52.7 Å². The van der Waals surface area contributed by atoms with E-state index in [0.29, 0.717) is 18.5 Å². The average molecular weight is 468 g/mol. The number of halogens is 2. The number of para-hydroxylation sites is 1. The minimum atomic E-state index is -0.896. The van der Waals surface area contributed by atoms with Gasteiger partial charge in [0.05, 0.1) is 11.4 Å². The molecule has 7 heteroatoms. The van der Waals surface area contributed by atoms with E-state index in [1.165, 1.54) is 11.8 Å². The molecular formula is C17H12Br2N2O2S. The molecule has 2 aromatic rings. The molecule has 1 fully saturated rings. The first-order chi connectivity index (χ1) is 11.5. The fraction of sp³-hybridized carbons (Fsp3) is 0.176. The number of nitrogens with one attached hydrogen (secondary N) is 1. The second-order valence-electron chi connectivity index (χ2n) is 5.66. The number of anilines is 2. The van der Waals surface area contributed by atoms with Gasteiger partial charge in [0.1, 0.15) is 0 Å². The van der Waals surface area contributed by atoms with Crippen molar-refractivity contribution in [1.29, 1.82) is 0 Å². The van der Waals surface area contributed by atoms with E-state index < -0.39 is 4.87 Å². The zero-order valence-corrected chi connectivity index (χ0v) is 16.4.